The van der Waals surface area contributed by atoms with Crippen molar-refractivity contribution in [3.05, 3.63) is 101 Å². The molecule has 5 heterocycles. The van der Waals surface area contributed by atoms with E-state index in [1.165, 1.54) is 4.90 Å². The maximum atomic E-state index is 14.2. The Morgan fingerprint density at radius 1 is 1.02 bits per heavy atom. The van der Waals surface area contributed by atoms with Crippen LogP contribution in [0.15, 0.2) is 78.6 Å². The first-order valence-corrected chi connectivity index (χ1v) is 14.4. The van der Waals surface area contributed by atoms with Gasteiger partial charge in [0.05, 0.1) is 23.5 Å². The van der Waals surface area contributed by atoms with E-state index >= 15 is 0 Å². The fourth-order valence-corrected chi connectivity index (χ4v) is 5.55. The van der Waals surface area contributed by atoms with E-state index in [4.69, 9.17) is 0 Å². The number of alkyl halides is 3. The number of carbonyl (C=O) groups excluding carboxylic acids is 3. The van der Waals surface area contributed by atoms with E-state index < -0.39 is 41.5 Å². The molecule has 0 saturated carbocycles. The van der Waals surface area contributed by atoms with Crippen LogP contribution in [-0.4, -0.2) is 80.1 Å². The molecular formula is C31H28F3N9O3. The predicted octanol–water partition coefficient (Wildman–Crippen LogP) is 3.18. The highest BCUT2D eigenvalue weighted by Gasteiger charge is 2.45. The SMILES string of the molecule is CCN1C(=O)[C@@H](NC(=O)c2nccc(C(F)(F)F)n2)[C@H](c2cccc(NC(=O)C3=CCN(C)C3)n2)c2cnn(-c3ccccc3)c21. The molecule has 46 heavy (non-hydrogen) atoms. The predicted molar refractivity (Wildman–Crippen MR) is 160 cm³/mol. The Morgan fingerprint density at radius 3 is 2.50 bits per heavy atom. The van der Waals surface area contributed by atoms with Gasteiger partial charge in [-0.15, -0.1) is 0 Å². The van der Waals surface area contributed by atoms with Crippen molar-refractivity contribution >= 4 is 29.4 Å². The van der Waals surface area contributed by atoms with Crippen molar-refractivity contribution < 1.29 is 27.6 Å². The zero-order valence-corrected chi connectivity index (χ0v) is 24.7. The summed E-state index contributed by atoms with van der Waals surface area (Å²) < 4.78 is 41.7. The molecule has 0 bridgehead atoms. The van der Waals surface area contributed by atoms with Gasteiger partial charge in [0.2, 0.25) is 5.82 Å². The number of rotatable bonds is 7. The van der Waals surface area contributed by atoms with Crippen LogP contribution >= 0.6 is 0 Å². The monoisotopic (exact) mass is 631 g/mol. The van der Waals surface area contributed by atoms with E-state index in [0.29, 0.717) is 47.5 Å². The largest absolute Gasteiger partial charge is 0.433 e. The van der Waals surface area contributed by atoms with E-state index in [1.807, 2.05) is 48.4 Å². The lowest BCUT2D eigenvalue weighted by Gasteiger charge is -2.37. The molecule has 2 N–H and O–H groups in total. The Bertz CT molecular complexity index is 1840. The van der Waals surface area contributed by atoms with Crippen LogP contribution < -0.4 is 15.5 Å². The lowest BCUT2D eigenvalue weighted by atomic mass is 9.85. The molecule has 2 aliphatic rings. The number of carbonyl (C=O) groups is 3. The number of pyridine rings is 1. The number of hydrogen-bond donors (Lipinski definition) is 2. The van der Waals surface area contributed by atoms with E-state index in [1.54, 1.807) is 36.0 Å². The highest BCUT2D eigenvalue weighted by molar-refractivity contribution is 6.05. The van der Waals surface area contributed by atoms with Crippen LogP contribution in [0.25, 0.3) is 5.69 Å². The zero-order chi connectivity index (χ0) is 32.6. The topological polar surface area (TPSA) is 138 Å². The van der Waals surface area contributed by atoms with Gasteiger partial charge in [-0.25, -0.2) is 19.6 Å². The van der Waals surface area contributed by atoms with E-state index in [0.717, 1.165) is 6.20 Å². The molecule has 0 radical (unpaired) electrons. The summed E-state index contributed by atoms with van der Waals surface area (Å²) in [5.41, 5.74) is 0.797. The number of anilines is 2. The molecule has 1 aromatic carbocycles. The van der Waals surface area contributed by atoms with Crippen LogP contribution in [0.3, 0.4) is 0 Å². The average Bonchev–Trinajstić information content (AvgIpc) is 3.68. The third kappa shape index (κ3) is 5.83. The van der Waals surface area contributed by atoms with Gasteiger partial charge in [0, 0.05) is 37.0 Å². The molecule has 4 aromatic rings. The lowest BCUT2D eigenvalue weighted by Crippen LogP contribution is -2.55. The van der Waals surface area contributed by atoms with Crippen LogP contribution in [-0.2, 0) is 15.8 Å². The molecule has 3 amide bonds. The molecule has 236 valence electrons. The standard InChI is InChI=1S/C31H28F3N9O3/c1-3-42-29-20(16-36-43(29)19-8-5-4-6-9-19)24(21-10-7-11-23(37-21)39-27(44)18-13-15-41(2)17-18)25(30(42)46)40-28(45)26-35-14-12-22(38-26)31(32,33)34/h4-14,16,24-25H,3,15,17H2,1-2H3,(H,40,45)(H,37,39,44)/t24-,25-/m0/s1. The minimum atomic E-state index is -4.81. The second-order valence-electron chi connectivity index (χ2n) is 10.8. The van der Waals surface area contributed by atoms with Gasteiger partial charge in [-0.05, 0) is 44.3 Å². The molecule has 2 atom stereocenters. The first-order chi connectivity index (χ1) is 22.0. The number of aromatic nitrogens is 5. The van der Waals surface area contributed by atoms with Gasteiger partial charge in [0.25, 0.3) is 17.7 Å². The summed E-state index contributed by atoms with van der Waals surface area (Å²) in [6, 6.07) is 13.3. The highest BCUT2D eigenvalue weighted by Crippen LogP contribution is 2.41. The Labute approximate surface area is 261 Å². The zero-order valence-electron chi connectivity index (χ0n) is 24.7. The summed E-state index contributed by atoms with van der Waals surface area (Å²) in [5.74, 6) is -2.99. The molecule has 0 saturated heterocycles. The number of nitrogens with zero attached hydrogens (tertiary/aromatic N) is 7. The van der Waals surface area contributed by atoms with Crippen molar-refractivity contribution in [1.82, 2.24) is 34.9 Å². The normalized spacial score (nSPS) is 18.2. The molecule has 12 nitrogen and oxygen atoms in total. The van der Waals surface area contributed by atoms with Gasteiger partial charge in [-0.2, -0.15) is 18.3 Å². The van der Waals surface area contributed by atoms with Gasteiger partial charge in [0.15, 0.2) is 0 Å². The summed E-state index contributed by atoms with van der Waals surface area (Å²) >= 11 is 0. The maximum Gasteiger partial charge on any atom is 0.433 e. The fourth-order valence-electron chi connectivity index (χ4n) is 5.55. The number of likely N-dealkylation sites (N-methyl/N-ethyl adjacent to an activating group) is 2. The highest BCUT2D eigenvalue weighted by atomic mass is 19.4. The molecule has 0 spiro atoms. The molecule has 3 aromatic heterocycles. The van der Waals surface area contributed by atoms with E-state index in [9.17, 15) is 27.6 Å². The van der Waals surface area contributed by atoms with Crippen LogP contribution in [0, 0.1) is 0 Å². The van der Waals surface area contributed by atoms with Crippen molar-refractivity contribution in [3.8, 4) is 5.69 Å². The number of amides is 3. The van der Waals surface area contributed by atoms with Crippen molar-refractivity contribution in [2.24, 2.45) is 0 Å². The Hall–Kier alpha value is -5.44. The third-order valence-corrected chi connectivity index (χ3v) is 7.69. The van der Waals surface area contributed by atoms with Gasteiger partial charge in [-0.3, -0.25) is 24.2 Å². The van der Waals surface area contributed by atoms with E-state index in [-0.39, 0.29) is 18.3 Å². The van der Waals surface area contributed by atoms with Gasteiger partial charge < -0.3 is 10.6 Å². The van der Waals surface area contributed by atoms with Crippen molar-refractivity contribution in [2.75, 3.05) is 36.9 Å². The van der Waals surface area contributed by atoms with Crippen molar-refractivity contribution in [2.45, 2.75) is 25.1 Å². The van der Waals surface area contributed by atoms with Crippen LogP contribution in [0.5, 0.6) is 0 Å². The van der Waals surface area contributed by atoms with Crippen LogP contribution in [0.1, 0.15) is 40.4 Å². The quantitative estimate of drug-likeness (QED) is 0.317. The fraction of sp³-hybridized carbons (Fsp3) is 0.258. The molecule has 2 aliphatic heterocycles. The summed E-state index contributed by atoms with van der Waals surface area (Å²) in [6.45, 7) is 3.06. The number of fused-ring (bicyclic) bond motifs is 1. The van der Waals surface area contributed by atoms with Crippen LogP contribution in [0.4, 0.5) is 24.8 Å². The number of benzene rings is 1. The second-order valence-corrected chi connectivity index (χ2v) is 10.8. The summed E-state index contributed by atoms with van der Waals surface area (Å²) in [4.78, 5) is 55.7. The Balaban J connectivity index is 1.42. The smallest absolute Gasteiger partial charge is 0.336 e. The lowest BCUT2D eigenvalue weighted by molar-refractivity contribution is -0.141. The minimum Gasteiger partial charge on any atom is -0.336 e. The molecule has 15 heteroatoms. The number of nitrogens with one attached hydrogen (secondary N) is 2. The van der Waals surface area contributed by atoms with Crippen molar-refractivity contribution in [1.29, 1.82) is 0 Å². The Morgan fingerprint density at radius 2 is 1.80 bits per heavy atom. The molecule has 6 rings (SSSR count). The molecule has 0 aliphatic carbocycles. The maximum absolute atomic E-state index is 14.2. The second kappa shape index (κ2) is 12.2. The number of hydrogen-bond acceptors (Lipinski definition) is 8. The molecule has 0 unspecified atom stereocenters. The van der Waals surface area contributed by atoms with Gasteiger partial charge >= 0.3 is 6.18 Å². The Kier molecular flexibility index (Phi) is 8.08. The molecule has 0 fully saturated rings. The average molecular weight is 632 g/mol. The minimum absolute atomic E-state index is 0.191. The molecular weight excluding hydrogens is 603 g/mol. The number of para-hydroxylation sites is 1. The van der Waals surface area contributed by atoms with Crippen LogP contribution in [0.2, 0.25) is 0 Å². The first-order valence-electron chi connectivity index (χ1n) is 14.4. The first kappa shape index (κ1) is 30.6. The summed E-state index contributed by atoms with van der Waals surface area (Å²) in [7, 11) is 1.89. The van der Waals surface area contributed by atoms with Gasteiger partial charge in [0.1, 0.15) is 23.4 Å². The number of halogens is 3. The summed E-state index contributed by atoms with van der Waals surface area (Å²) in [6.07, 6.45) is -0.589. The van der Waals surface area contributed by atoms with E-state index in [2.05, 4.69) is 30.7 Å². The van der Waals surface area contributed by atoms with Gasteiger partial charge in [-0.1, -0.05) is 30.3 Å². The summed E-state index contributed by atoms with van der Waals surface area (Å²) in [5, 5.41) is 9.94. The van der Waals surface area contributed by atoms with Crippen molar-refractivity contribution in [3.63, 3.8) is 0 Å². The third-order valence-electron chi connectivity index (χ3n) is 7.69.